The molecule has 0 aromatic heterocycles. The summed E-state index contributed by atoms with van der Waals surface area (Å²) in [5.74, 6) is -3.99. The number of rotatable bonds is 4. The number of hydrogen-bond donors (Lipinski definition) is 2. The zero-order chi connectivity index (χ0) is 17.4. The highest BCUT2D eigenvalue weighted by atomic mass is 19.1. The molecule has 1 aliphatic heterocycles. The average Bonchev–Trinajstić information content (AvgIpc) is 2.79. The number of nitrogens with zero attached hydrogens (tertiary/aromatic N) is 1. The summed E-state index contributed by atoms with van der Waals surface area (Å²) in [7, 11) is 0. The van der Waals surface area contributed by atoms with Gasteiger partial charge in [-0.25, -0.2) is 8.78 Å². The molecule has 8 heteroatoms. The summed E-state index contributed by atoms with van der Waals surface area (Å²) in [6.07, 6.45) is -0.112. The van der Waals surface area contributed by atoms with Crippen molar-refractivity contribution in [1.82, 2.24) is 5.32 Å². The zero-order valence-electron chi connectivity index (χ0n) is 12.7. The first-order valence-electron chi connectivity index (χ1n) is 6.98. The molecule has 124 valence electrons. The van der Waals surface area contributed by atoms with Gasteiger partial charge in [-0.1, -0.05) is 0 Å². The van der Waals surface area contributed by atoms with Gasteiger partial charge in [0.1, 0.15) is 17.2 Å². The van der Waals surface area contributed by atoms with Crippen molar-refractivity contribution >= 4 is 23.4 Å². The van der Waals surface area contributed by atoms with Gasteiger partial charge in [-0.2, -0.15) is 0 Å². The summed E-state index contributed by atoms with van der Waals surface area (Å²) in [6, 6.07) is 2.74. The molecule has 0 saturated carbocycles. The molecular weight excluding hydrogens is 308 g/mol. The van der Waals surface area contributed by atoms with Crippen LogP contribution in [0.15, 0.2) is 18.2 Å². The maximum Gasteiger partial charge on any atom is 0.242 e. The first kappa shape index (κ1) is 16.9. The van der Waals surface area contributed by atoms with Crippen LogP contribution in [0.25, 0.3) is 0 Å². The van der Waals surface area contributed by atoms with Crippen LogP contribution in [-0.4, -0.2) is 29.8 Å². The van der Waals surface area contributed by atoms with Crippen LogP contribution < -0.4 is 16.0 Å². The Morgan fingerprint density at radius 3 is 2.35 bits per heavy atom. The number of carbonyl (C=O) groups is 3. The van der Waals surface area contributed by atoms with Crippen LogP contribution in [0.1, 0.15) is 20.3 Å². The highest BCUT2D eigenvalue weighted by Crippen LogP contribution is 2.27. The van der Waals surface area contributed by atoms with Gasteiger partial charge in [-0.15, -0.1) is 0 Å². The summed E-state index contributed by atoms with van der Waals surface area (Å²) in [4.78, 5) is 36.6. The number of primary amides is 1. The lowest BCUT2D eigenvalue weighted by atomic mass is 10.0. The molecule has 1 fully saturated rings. The first-order valence-corrected chi connectivity index (χ1v) is 6.98. The van der Waals surface area contributed by atoms with E-state index in [1.165, 1.54) is 13.8 Å². The van der Waals surface area contributed by atoms with E-state index in [2.05, 4.69) is 5.32 Å². The average molecular weight is 325 g/mol. The van der Waals surface area contributed by atoms with E-state index in [1.807, 2.05) is 0 Å². The summed E-state index contributed by atoms with van der Waals surface area (Å²) in [5, 5.41) is 2.47. The summed E-state index contributed by atoms with van der Waals surface area (Å²) >= 11 is 0. The van der Waals surface area contributed by atoms with E-state index in [-0.39, 0.29) is 18.7 Å². The molecule has 0 bridgehead atoms. The van der Waals surface area contributed by atoms with Crippen molar-refractivity contribution in [2.75, 3.05) is 11.4 Å². The summed E-state index contributed by atoms with van der Waals surface area (Å²) in [6.45, 7) is 2.87. The Bertz CT molecular complexity index is 656. The molecule has 3 N–H and O–H groups in total. The summed E-state index contributed by atoms with van der Waals surface area (Å²) in [5.41, 5.74) is 3.98. The molecule has 0 radical (unpaired) electrons. The van der Waals surface area contributed by atoms with E-state index in [1.54, 1.807) is 0 Å². The summed E-state index contributed by atoms with van der Waals surface area (Å²) < 4.78 is 26.5. The minimum Gasteiger partial charge on any atom is -0.368 e. The fourth-order valence-corrected chi connectivity index (χ4v) is 2.30. The van der Waals surface area contributed by atoms with Gasteiger partial charge in [-0.3, -0.25) is 14.4 Å². The largest absolute Gasteiger partial charge is 0.368 e. The number of halogens is 2. The lowest BCUT2D eigenvalue weighted by Crippen LogP contribution is -2.54. The van der Waals surface area contributed by atoms with Crippen LogP contribution in [0.5, 0.6) is 0 Å². The van der Waals surface area contributed by atoms with Crippen LogP contribution in [0, 0.1) is 17.6 Å². The van der Waals surface area contributed by atoms with Crippen LogP contribution in [0.2, 0.25) is 0 Å². The van der Waals surface area contributed by atoms with Crippen LogP contribution in [-0.2, 0) is 14.4 Å². The van der Waals surface area contributed by atoms with Crippen molar-refractivity contribution in [3.8, 4) is 0 Å². The lowest BCUT2D eigenvalue weighted by molar-refractivity contribution is -0.132. The zero-order valence-corrected chi connectivity index (χ0v) is 12.7. The molecule has 1 aromatic carbocycles. The Balaban J connectivity index is 2.13. The smallest absolute Gasteiger partial charge is 0.242 e. The fraction of sp³-hybridized carbons (Fsp3) is 0.400. The first-order chi connectivity index (χ1) is 10.6. The molecule has 0 unspecified atom stereocenters. The minimum atomic E-state index is -1.25. The van der Waals surface area contributed by atoms with E-state index < -0.39 is 40.8 Å². The fourth-order valence-electron chi connectivity index (χ4n) is 2.30. The Labute approximate surface area is 131 Å². The number of nitrogens with one attached hydrogen (secondary N) is 1. The van der Waals surface area contributed by atoms with Crippen molar-refractivity contribution in [2.24, 2.45) is 11.7 Å². The number of benzene rings is 1. The standard InChI is InChI=1S/C15H17F2N3O3/c1-15(2,14(18)23)19-13(22)8-3-12(21)20(7-8)11-5-9(16)4-10(17)6-11/h4-6,8H,3,7H2,1-2H3,(H2,18,23)(H,19,22)/t8-/m0/s1. The second kappa shape index (κ2) is 5.94. The molecule has 3 amide bonds. The van der Waals surface area contributed by atoms with E-state index in [9.17, 15) is 23.2 Å². The molecule has 6 nitrogen and oxygen atoms in total. The van der Waals surface area contributed by atoms with E-state index in [4.69, 9.17) is 5.73 Å². The van der Waals surface area contributed by atoms with Crippen molar-refractivity contribution in [3.63, 3.8) is 0 Å². The number of hydrogen-bond acceptors (Lipinski definition) is 3. The maximum atomic E-state index is 13.3. The molecule has 1 atom stereocenters. The SMILES string of the molecule is CC(C)(NC(=O)[C@H]1CC(=O)N(c2cc(F)cc(F)c2)C1)C(N)=O. The second-order valence-electron chi connectivity index (χ2n) is 6.01. The molecule has 0 spiro atoms. The van der Waals surface area contributed by atoms with E-state index >= 15 is 0 Å². The number of amides is 3. The van der Waals surface area contributed by atoms with Gasteiger partial charge in [0.2, 0.25) is 17.7 Å². The monoisotopic (exact) mass is 325 g/mol. The number of carbonyl (C=O) groups excluding carboxylic acids is 3. The van der Waals surface area contributed by atoms with Crippen LogP contribution in [0.4, 0.5) is 14.5 Å². The topological polar surface area (TPSA) is 92.5 Å². The van der Waals surface area contributed by atoms with Crippen LogP contribution >= 0.6 is 0 Å². The third-order valence-corrected chi connectivity index (χ3v) is 3.71. The predicted octanol–water partition coefficient (Wildman–Crippen LogP) is 0.698. The Morgan fingerprint density at radius 2 is 1.83 bits per heavy atom. The van der Waals surface area contributed by atoms with Gasteiger partial charge in [0, 0.05) is 24.7 Å². The van der Waals surface area contributed by atoms with E-state index in [0.717, 1.165) is 17.0 Å². The highest BCUT2D eigenvalue weighted by molar-refractivity contribution is 6.01. The number of anilines is 1. The maximum absolute atomic E-state index is 13.3. The molecule has 2 rings (SSSR count). The van der Waals surface area contributed by atoms with Gasteiger partial charge in [0.25, 0.3) is 0 Å². The van der Waals surface area contributed by atoms with Gasteiger partial charge >= 0.3 is 0 Å². The van der Waals surface area contributed by atoms with Gasteiger partial charge in [0.05, 0.1) is 5.92 Å². The second-order valence-corrected chi connectivity index (χ2v) is 6.01. The molecule has 1 aliphatic rings. The van der Waals surface area contributed by atoms with Crippen molar-refractivity contribution < 1.29 is 23.2 Å². The highest BCUT2D eigenvalue weighted by Gasteiger charge is 2.38. The third kappa shape index (κ3) is 3.64. The third-order valence-electron chi connectivity index (χ3n) is 3.71. The molecule has 1 aromatic rings. The van der Waals surface area contributed by atoms with E-state index in [0.29, 0.717) is 6.07 Å². The molecule has 23 heavy (non-hydrogen) atoms. The quantitative estimate of drug-likeness (QED) is 0.853. The van der Waals surface area contributed by atoms with Gasteiger partial charge < -0.3 is 16.0 Å². The Hall–Kier alpha value is -2.51. The van der Waals surface area contributed by atoms with Crippen molar-refractivity contribution in [3.05, 3.63) is 29.8 Å². The Morgan fingerprint density at radius 1 is 1.26 bits per heavy atom. The van der Waals surface area contributed by atoms with Gasteiger partial charge in [-0.05, 0) is 26.0 Å². The normalized spacial score (nSPS) is 18.2. The lowest BCUT2D eigenvalue weighted by Gasteiger charge is -2.24. The van der Waals surface area contributed by atoms with Gasteiger partial charge in [0.15, 0.2) is 0 Å². The number of nitrogens with two attached hydrogens (primary N) is 1. The van der Waals surface area contributed by atoms with Crippen molar-refractivity contribution in [2.45, 2.75) is 25.8 Å². The molecule has 0 aliphatic carbocycles. The minimum absolute atomic E-state index is 0.0254. The predicted molar refractivity (Wildman–Crippen MR) is 78.2 cm³/mol. The van der Waals surface area contributed by atoms with Crippen LogP contribution in [0.3, 0.4) is 0 Å². The molecule has 1 heterocycles. The van der Waals surface area contributed by atoms with Crippen molar-refractivity contribution in [1.29, 1.82) is 0 Å². The molecule has 1 saturated heterocycles. The molecular formula is C15H17F2N3O3. The Kier molecular flexibility index (Phi) is 4.35.